The first kappa shape index (κ1) is 16.0. The summed E-state index contributed by atoms with van der Waals surface area (Å²) >= 11 is 0. The molecular formula is C18H21NO3. The van der Waals surface area contributed by atoms with Gasteiger partial charge in [-0.25, -0.2) is 0 Å². The van der Waals surface area contributed by atoms with Gasteiger partial charge in [-0.1, -0.05) is 18.6 Å². The molecule has 2 aromatic rings. The average Bonchev–Trinajstić information content (AvgIpc) is 2.53. The molecule has 0 bridgehead atoms. The Bertz CT molecular complexity index is 746. The van der Waals surface area contributed by atoms with Gasteiger partial charge >= 0.3 is 0 Å². The SMILES string of the molecule is CCC(C)n1c(-c2cc(C)ccc2OC)ccc(C=O)c1=O. The third-order valence-corrected chi connectivity index (χ3v) is 3.94. The molecule has 0 aliphatic rings. The normalized spacial score (nSPS) is 12.0. The minimum Gasteiger partial charge on any atom is -0.496 e. The molecule has 4 nitrogen and oxygen atoms in total. The second-order valence-corrected chi connectivity index (χ2v) is 5.43. The van der Waals surface area contributed by atoms with Crippen molar-refractivity contribution < 1.29 is 9.53 Å². The third kappa shape index (κ3) is 2.82. The lowest BCUT2D eigenvalue weighted by molar-refractivity contribution is 0.112. The first-order chi connectivity index (χ1) is 10.5. The van der Waals surface area contributed by atoms with Gasteiger partial charge in [-0.05, 0) is 44.5 Å². The van der Waals surface area contributed by atoms with Gasteiger partial charge in [0.15, 0.2) is 6.29 Å². The van der Waals surface area contributed by atoms with E-state index in [2.05, 4.69) is 0 Å². The Hall–Kier alpha value is -2.36. The van der Waals surface area contributed by atoms with Gasteiger partial charge in [0.1, 0.15) is 5.75 Å². The maximum absolute atomic E-state index is 12.6. The van der Waals surface area contributed by atoms with Crippen molar-refractivity contribution in [3.8, 4) is 17.0 Å². The summed E-state index contributed by atoms with van der Waals surface area (Å²) in [4.78, 5) is 23.6. The van der Waals surface area contributed by atoms with Crippen molar-refractivity contribution in [3.63, 3.8) is 0 Å². The highest BCUT2D eigenvalue weighted by atomic mass is 16.5. The van der Waals surface area contributed by atoms with Crippen LogP contribution >= 0.6 is 0 Å². The molecule has 0 aliphatic heterocycles. The van der Waals surface area contributed by atoms with Gasteiger partial charge in [-0.2, -0.15) is 0 Å². The molecule has 1 unspecified atom stereocenters. The molecule has 1 aromatic heterocycles. The molecule has 1 heterocycles. The zero-order valence-electron chi connectivity index (χ0n) is 13.4. The van der Waals surface area contributed by atoms with Crippen LogP contribution in [0.2, 0.25) is 0 Å². The van der Waals surface area contributed by atoms with Crippen LogP contribution in [0.3, 0.4) is 0 Å². The molecule has 116 valence electrons. The number of methoxy groups -OCH3 is 1. The number of aromatic nitrogens is 1. The van der Waals surface area contributed by atoms with E-state index in [9.17, 15) is 9.59 Å². The number of carbonyl (C=O) groups is 1. The first-order valence-electron chi connectivity index (χ1n) is 7.39. The quantitative estimate of drug-likeness (QED) is 0.792. The van der Waals surface area contributed by atoms with Crippen LogP contribution in [-0.2, 0) is 0 Å². The van der Waals surface area contributed by atoms with Gasteiger partial charge in [0.25, 0.3) is 5.56 Å². The predicted octanol–water partition coefficient (Wildman–Crippen LogP) is 3.62. The maximum Gasteiger partial charge on any atom is 0.261 e. The van der Waals surface area contributed by atoms with E-state index in [1.165, 1.54) is 0 Å². The molecule has 0 N–H and O–H groups in total. The molecule has 0 aliphatic carbocycles. The van der Waals surface area contributed by atoms with E-state index < -0.39 is 0 Å². The van der Waals surface area contributed by atoms with E-state index in [4.69, 9.17) is 4.74 Å². The Morgan fingerprint density at radius 3 is 2.59 bits per heavy atom. The van der Waals surface area contributed by atoms with E-state index >= 15 is 0 Å². The molecule has 22 heavy (non-hydrogen) atoms. The van der Waals surface area contributed by atoms with Gasteiger partial charge in [0, 0.05) is 11.6 Å². The van der Waals surface area contributed by atoms with Crippen molar-refractivity contribution in [2.45, 2.75) is 33.2 Å². The topological polar surface area (TPSA) is 48.3 Å². The van der Waals surface area contributed by atoms with Crippen LogP contribution in [0.5, 0.6) is 5.75 Å². The third-order valence-electron chi connectivity index (χ3n) is 3.94. The summed E-state index contributed by atoms with van der Waals surface area (Å²) in [7, 11) is 1.61. The Labute approximate surface area is 130 Å². The molecule has 0 fully saturated rings. The molecule has 4 heteroatoms. The number of rotatable bonds is 5. The fourth-order valence-corrected chi connectivity index (χ4v) is 2.52. The van der Waals surface area contributed by atoms with Crippen molar-refractivity contribution in [2.24, 2.45) is 0 Å². The standard InChI is InChI=1S/C18H21NO3/c1-5-13(3)19-16(8-7-14(11-20)18(19)21)15-10-12(2)6-9-17(15)22-4/h6-11,13H,5H2,1-4H3. The molecule has 0 saturated carbocycles. The average molecular weight is 299 g/mol. The summed E-state index contributed by atoms with van der Waals surface area (Å²) in [6.07, 6.45) is 1.40. The molecule has 2 rings (SSSR count). The van der Waals surface area contributed by atoms with Crippen molar-refractivity contribution in [2.75, 3.05) is 7.11 Å². The van der Waals surface area contributed by atoms with E-state index in [-0.39, 0.29) is 17.2 Å². The Balaban J connectivity index is 2.81. The van der Waals surface area contributed by atoms with Crippen molar-refractivity contribution >= 4 is 6.29 Å². The number of pyridine rings is 1. The monoisotopic (exact) mass is 299 g/mol. The van der Waals surface area contributed by atoms with Gasteiger partial charge in [-0.15, -0.1) is 0 Å². The lowest BCUT2D eigenvalue weighted by Crippen LogP contribution is -2.27. The summed E-state index contributed by atoms with van der Waals surface area (Å²) in [5.41, 5.74) is 2.63. The van der Waals surface area contributed by atoms with E-state index in [0.29, 0.717) is 12.0 Å². The molecule has 0 amide bonds. The second-order valence-electron chi connectivity index (χ2n) is 5.43. The second kappa shape index (κ2) is 6.60. The summed E-state index contributed by atoms with van der Waals surface area (Å²) in [6, 6.07) is 9.23. The van der Waals surface area contributed by atoms with E-state index in [1.807, 2.05) is 45.0 Å². The number of benzene rings is 1. The van der Waals surface area contributed by atoms with Crippen LogP contribution in [0.1, 0.15) is 42.2 Å². The number of nitrogens with zero attached hydrogens (tertiary/aromatic N) is 1. The van der Waals surface area contributed by atoms with E-state index in [1.54, 1.807) is 17.7 Å². The fraction of sp³-hybridized carbons (Fsp3) is 0.333. The van der Waals surface area contributed by atoms with Crippen molar-refractivity contribution in [1.82, 2.24) is 4.57 Å². The smallest absolute Gasteiger partial charge is 0.261 e. The van der Waals surface area contributed by atoms with Crippen LogP contribution in [0, 0.1) is 6.92 Å². The molecule has 1 atom stereocenters. The number of hydrogen-bond donors (Lipinski definition) is 0. The molecular weight excluding hydrogens is 278 g/mol. The van der Waals surface area contributed by atoms with E-state index in [0.717, 1.165) is 23.2 Å². The molecule has 1 aromatic carbocycles. The van der Waals surface area contributed by atoms with Gasteiger partial charge < -0.3 is 9.30 Å². The van der Waals surface area contributed by atoms with Gasteiger partial charge in [-0.3, -0.25) is 9.59 Å². The number of carbonyl (C=O) groups excluding carboxylic acids is 1. The summed E-state index contributed by atoms with van der Waals surface area (Å²) in [5.74, 6) is 0.709. The molecule has 0 radical (unpaired) electrons. The summed E-state index contributed by atoms with van der Waals surface area (Å²) in [6.45, 7) is 5.98. The minimum atomic E-state index is -0.259. The van der Waals surface area contributed by atoms with Crippen LogP contribution in [0.15, 0.2) is 35.1 Å². The first-order valence-corrected chi connectivity index (χ1v) is 7.39. The highest BCUT2D eigenvalue weighted by Gasteiger charge is 2.17. The summed E-state index contributed by atoms with van der Waals surface area (Å²) in [5, 5.41) is 0. The number of aryl methyl sites for hydroxylation is 1. The summed E-state index contributed by atoms with van der Waals surface area (Å²) < 4.78 is 7.12. The minimum absolute atomic E-state index is 0.00683. The molecule has 0 spiro atoms. The highest BCUT2D eigenvalue weighted by Crippen LogP contribution is 2.32. The molecule has 0 saturated heterocycles. The number of ether oxygens (including phenoxy) is 1. The fourth-order valence-electron chi connectivity index (χ4n) is 2.52. The van der Waals surface area contributed by atoms with Crippen molar-refractivity contribution in [3.05, 3.63) is 51.8 Å². The Morgan fingerprint density at radius 1 is 1.27 bits per heavy atom. The number of aldehydes is 1. The van der Waals surface area contributed by atoms with Crippen LogP contribution in [0.25, 0.3) is 11.3 Å². The maximum atomic E-state index is 12.6. The lowest BCUT2D eigenvalue weighted by atomic mass is 10.0. The van der Waals surface area contributed by atoms with Gasteiger partial charge in [0.2, 0.25) is 0 Å². The van der Waals surface area contributed by atoms with Crippen LogP contribution in [-0.4, -0.2) is 18.0 Å². The zero-order valence-corrected chi connectivity index (χ0v) is 13.4. The Morgan fingerprint density at radius 2 is 2.00 bits per heavy atom. The van der Waals surface area contributed by atoms with Crippen molar-refractivity contribution in [1.29, 1.82) is 0 Å². The lowest BCUT2D eigenvalue weighted by Gasteiger charge is -2.20. The largest absolute Gasteiger partial charge is 0.496 e. The van der Waals surface area contributed by atoms with Gasteiger partial charge in [0.05, 0.1) is 18.4 Å². The zero-order chi connectivity index (χ0) is 16.3. The highest BCUT2D eigenvalue weighted by molar-refractivity contribution is 5.76. The van der Waals surface area contributed by atoms with Crippen LogP contribution in [0.4, 0.5) is 0 Å². The number of hydrogen-bond acceptors (Lipinski definition) is 3. The predicted molar refractivity (Wildman–Crippen MR) is 87.8 cm³/mol. The Kier molecular flexibility index (Phi) is 4.81. The van der Waals surface area contributed by atoms with Crippen LogP contribution < -0.4 is 10.3 Å².